The molecule has 0 unspecified atom stereocenters. The number of aryl methyl sites for hydroxylation is 1. The smallest absolute Gasteiger partial charge is 0.248 e. The molecule has 5 rings (SSSR count). The van der Waals surface area contributed by atoms with Crippen LogP contribution in [0.2, 0.25) is 5.02 Å². The van der Waals surface area contributed by atoms with Gasteiger partial charge in [-0.3, -0.25) is 4.79 Å². The first-order valence-corrected chi connectivity index (χ1v) is 10.7. The van der Waals surface area contributed by atoms with Gasteiger partial charge < -0.3 is 14.2 Å². The molecule has 0 bridgehead atoms. The third-order valence-corrected chi connectivity index (χ3v) is 5.35. The number of anilines is 1. The van der Waals surface area contributed by atoms with Gasteiger partial charge in [-0.1, -0.05) is 17.7 Å². The van der Waals surface area contributed by atoms with Crippen molar-refractivity contribution in [3.63, 3.8) is 0 Å². The highest BCUT2D eigenvalue weighted by molar-refractivity contribution is 6.30. The molecule has 0 aliphatic rings. The second kappa shape index (κ2) is 8.81. The molecule has 1 amide bonds. The highest BCUT2D eigenvalue weighted by atomic mass is 35.5. The normalized spacial score (nSPS) is 11.3. The number of rotatable bonds is 5. The van der Waals surface area contributed by atoms with Gasteiger partial charge in [0.05, 0.1) is 0 Å². The number of fused-ring (bicyclic) bond motifs is 1. The first-order valence-electron chi connectivity index (χ1n) is 10.4. The molecule has 0 saturated heterocycles. The number of halogens is 1. The van der Waals surface area contributed by atoms with E-state index >= 15 is 0 Å². The van der Waals surface area contributed by atoms with Crippen molar-refractivity contribution in [1.29, 1.82) is 0 Å². The molecule has 0 radical (unpaired) electrons. The predicted octanol–water partition coefficient (Wildman–Crippen LogP) is 7.37. The van der Waals surface area contributed by atoms with Crippen molar-refractivity contribution in [1.82, 2.24) is 4.98 Å². The van der Waals surface area contributed by atoms with Gasteiger partial charge in [0.25, 0.3) is 0 Å². The second-order valence-corrected chi connectivity index (χ2v) is 8.04. The number of oxazole rings is 1. The summed E-state index contributed by atoms with van der Waals surface area (Å²) >= 11 is 5.92. The summed E-state index contributed by atoms with van der Waals surface area (Å²) in [6.45, 7) is 2.02. The standard InChI is InChI=1S/C27H19ClN2O3/c1-17-2-13-25-23(16-17)30-27(33-25)19-5-9-21(10-6-19)29-26(31)15-12-22-11-14-24(32-22)18-3-7-20(28)8-4-18/h2-16H,1H3,(H,29,31)/b15-12+. The summed E-state index contributed by atoms with van der Waals surface area (Å²) in [6.07, 6.45) is 3.06. The molecular weight excluding hydrogens is 436 g/mol. The molecule has 1 N–H and O–H groups in total. The van der Waals surface area contributed by atoms with Crippen LogP contribution in [0.25, 0.3) is 40.0 Å². The van der Waals surface area contributed by atoms with Crippen molar-refractivity contribution in [2.75, 3.05) is 5.32 Å². The number of hydrogen-bond donors (Lipinski definition) is 1. The number of amides is 1. The van der Waals surface area contributed by atoms with Gasteiger partial charge in [0, 0.05) is 27.9 Å². The molecule has 5 aromatic rings. The van der Waals surface area contributed by atoms with Gasteiger partial charge >= 0.3 is 0 Å². The van der Waals surface area contributed by atoms with E-state index < -0.39 is 0 Å². The Morgan fingerprint density at radius 1 is 0.909 bits per heavy atom. The average molecular weight is 455 g/mol. The first kappa shape index (κ1) is 20.8. The van der Waals surface area contributed by atoms with Crippen molar-refractivity contribution >= 4 is 40.4 Å². The Morgan fingerprint density at radius 3 is 2.45 bits per heavy atom. The van der Waals surface area contributed by atoms with Crippen LogP contribution < -0.4 is 5.32 Å². The summed E-state index contributed by atoms with van der Waals surface area (Å²) in [5.41, 5.74) is 5.12. The number of nitrogens with one attached hydrogen (secondary N) is 1. The fraction of sp³-hybridized carbons (Fsp3) is 0.0370. The topological polar surface area (TPSA) is 68.3 Å². The van der Waals surface area contributed by atoms with E-state index in [1.807, 2.05) is 73.7 Å². The lowest BCUT2D eigenvalue weighted by Crippen LogP contribution is -2.07. The maximum absolute atomic E-state index is 12.3. The summed E-state index contributed by atoms with van der Waals surface area (Å²) in [5, 5.41) is 3.50. The third-order valence-electron chi connectivity index (χ3n) is 5.10. The number of furan rings is 1. The molecule has 0 fully saturated rings. The molecule has 0 atom stereocenters. The fourth-order valence-electron chi connectivity index (χ4n) is 3.41. The summed E-state index contributed by atoms with van der Waals surface area (Å²) < 4.78 is 11.6. The van der Waals surface area contributed by atoms with Crippen LogP contribution in [0.4, 0.5) is 5.69 Å². The number of nitrogens with zero attached hydrogens (tertiary/aromatic N) is 1. The maximum atomic E-state index is 12.3. The molecule has 33 heavy (non-hydrogen) atoms. The van der Waals surface area contributed by atoms with Gasteiger partial charge in [-0.05, 0) is 91.4 Å². The number of carbonyl (C=O) groups excluding carboxylic acids is 1. The van der Waals surface area contributed by atoms with Gasteiger partial charge in [-0.2, -0.15) is 0 Å². The van der Waals surface area contributed by atoms with Gasteiger partial charge in [0.15, 0.2) is 5.58 Å². The summed E-state index contributed by atoms with van der Waals surface area (Å²) in [5.74, 6) is 1.57. The van der Waals surface area contributed by atoms with Crippen molar-refractivity contribution in [3.05, 3.63) is 101 Å². The van der Waals surface area contributed by atoms with Crippen LogP contribution in [0, 0.1) is 6.92 Å². The van der Waals surface area contributed by atoms with Gasteiger partial charge in [-0.25, -0.2) is 4.98 Å². The van der Waals surface area contributed by atoms with E-state index in [0.717, 1.165) is 27.8 Å². The first-order chi connectivity index (χ1) is 16.0. The van der Waals surface area contributed by atoms with Crippen LogP contribution in [0.15, 0.2) is 93.8 Å². The molecule has 3 aromatic carbocycles. The van der Waals surface area contributed by atoms with E-state index in [0.29, 0.717) is 28.1 Å². The Labute approximate surface area is 195 Å². The monoisotopic (exact) mass is 454 g/mol. The molecule has 5 nitrogen and oxygen atoms in total. The molecule has 0 aliphatic heterocycles. The number of carbonyl (C=O) groups is 1. The summed E-state index contributed by atoms with van der Waals surface area (Å²) in [4.78, 5) is 16.9. The Balaban J connectivity index is 1.23. The lowest BCUT2D eigenvalue weighted by atomic mass is 10.2. The van der Waals surface area contributed by atoms with Gasteiger partial charge in [-0.15, -0.1) is 0 Å². The van der Waals surface area contributed by atoms with Crippen LogP contribution in [-0.2, 0) is 4.79 Å². The zero-order valence-corrected chi connectivity index (χ0v) is 18.5. The Morgan fingerprint density at radius 2 is 1.67 bits per heavy atom. The van der Waals surface area contributed by atoms with Crippen LogP contribution in [0.1, 0.15) is 11.3 Å². The van der Waals surface area contributed by atoms with E-state index in [-0.39, 0.29) is 5.91 Å². The van der Waals surface area contributed by atoms with E-state index in [1.165, 1.54) is 6.08 Å². The summed E-state index contributed by atoms with van der Waals surface area (Å²) in [6, 6.07) is 24.3. The Kier molecular flexibility index (Phi) is 5.55. The quantitative estimate of drug-likeness (QED) is 0.281. The highest BCUT2D eigenvalue weighted by Crippen LogP contribution is 2.26. The van der Waals surface area contributed by atoms with Gasteiger partial charge in [0.1, 0.15) is 17.0 Å². The Bertz CT molecular complexity index is 1460. The SMILES string of the molecule is Cc1ccc2oc(-c3ccc(NC(=O)/C=C/c4ccc(-c5ccc(Cl)cc5)o4)cc3)nc2c1. The van der Waals surface area contributed by atoms with Crippen LogP contribution in [0.5, 0.6) is 0 Å². The predicted molar refractivity (Wildman–Crippen MR) is 131 cm³/mol. The van der Waals surface area contributed by atoms with Crippen molar-refractivity contribution in [2.24, 2.45) is 0 Å². The third kappa shape index (κ3) is 4.73. The average Bonchev–Trinajstić information content (AvgIpc) is 3.46. The number of benzene rings is 3. The summed E-state index contributed by atoms with van der Waals surface area (Å²) in [7, 11) is 0. The Hall–Kier alpha value is -4.09. The zero-order valence-electron chi connectivity index (χ0n) is 17.7. The number of hydrogen-bond acceptors (Lipinski definition) is 4. The lowest BCUT2D eigenvalue weighted by molar-refractivity contribution is -0.111. The lowest BCUT2D eigenvalue weighted by Gasteiger charge is -2.02. The van der Waals surface area contributed by atoms with E-state index in [2.05, 4.69) is 10.3 Å². The minimum atomic E-state index is -0.260. The maximum Gasteiger partial charge on any atom is 0.248 e. The zero-order chi connectivity index (χ0) is 22.8. The van der Waals surface area contributed by atoms with Crippen LogP contribution in [0.3, 0.4) is 0 Å². The molecule has 6 heteroatoms. The molecule has 0 spiro atoms. The fourth-order valence-corrected chi connectivity index (χ4v) is 3.54. The van der Waals surface area contributed by atoms with Crippen molar-refractivity contribution in [3.8, 4) is 22.8 Å². The van der Waals surface area contributed by atoms with Crippen molar-refractivity contribution in [2.45, 2.75) is 6.92 Å². The molecular formula is C27H19ClN2O3. The number of aromatic nitrogens is 1. The minimum absolute atomic E-state index is 0.260. The van der Waals surface area contributed by atoms with E-state index in [1.54, 1.807) is 18.2 Å². The molecule has 162 valence electrons. The molecule has 0 saturated carbocycles. The molecule has 0 aliphatic carbocycles. The second-order valence-electron chi connectivity index (χ2n) is 7.60. The van der Waals surface area contributed by atoms with Crippen LogP contribution in [-0.4, -0.2) is 10.9 Å². The van der Waals surface area contributed by atoms with Gasteiger partial charge in [0.2, 0.25) is 11.8 Å². The van der Waals surface area contributed by atoms with E-state index in [9.17, 15) is 4.79 Å². The van der Waals surface area contributed by atoms with Crippen molar-refractivity contribution < 1.29 is 13.6 Å². The largest absolute Gasteiger partial charge is 0.457 e. The molecule has 2 aromatic heterocycles. The molecule has 2 heterocycles. The highest BCUT2D eigenvalue weighted by Gasteiger charge is 2.09. The van der Waals surface area contributed by atoms with Crippen LogP contribution >= 0.6 is 11.6 Å². The minimum Gasteiger partial charge on any atom is -0.457 e. The van der Waals surface area contributed by atoms with E-state index in [4.69, 9.17) is 20.4 Å².